The van der Waals surface area contributed by atoms with Crippen LogP contribution in [-0.4, -0.2) is 42.5 Å². The largest absolute Gasteiger partial charge is 0.573 e. The summed E-state index contributed by atoms with van der Waals surface area (Å²) in [6, 6.07) is 7.05. The predicted molar refractivity (Wildman–Crippen MR) is 128 cm³/mol. The highest BCUT2D eigenvalue weighted by Gasteiger charge is 2.32. The van der Waals surface area contributed by atoms with Gasteiger partial charge in [-0.15, -0.1) is 38.0 Å². The van der Waals surface area contributed by atoms with Gasteiger partial charge in [-0.3, -0.25) is 0 Å². The van der Waals surface area contributed by atoms with E-state index in [2.05, 4.69) is 41.3 Å². The van der Waals surface area contributed by atoms with Crippen molar-refractivity contribution in [2.24, 2.45) is 0 Å². The maximum absolute atomic E-state index is 12.7. The molecule has 0 amide bonds. The molecule has 0 saturated heterocycles. The van der Waals surface area contributed by atoms with Gasteiger partial charge in [0.25, 0.3) is 0 Å². The zero-order chi connectivity index (χ0) is 21.7. The Bertz CT molecular complexity index is 852. The molecule has 1 heterocycles. The molecule has 1 aliphatic carbocycles. The van der Waals surface area contributed by atoms with Gasteiger partial charge in [0.15, 0.2) is 0 Å². The molecule has 0 bridgehead atoms. The Morgan fingerprint density at radius 3 is 2.38 bits per heavy atom. The summed E-state index contributed by atoms with van der Waals surface area (Å²) in [4.78, 5) is 10.7. The van der Waals surface area contributed by atoms with Gasteiger partial charge in [-0.25, -0.2) is 4.98 Å². The molecule has 0 aliphatic heterocycles. The topological polar surface area (TPSA) is 62.3 Å². The highest BCUT2D eigenvalue weighted by Crippen LogP contribution is 2.30. The fourth-order valence-corrected chi connectivity index (χ4v) is 3.78. The number of nitrogens with one attached hydrogen (secondary N) is 2. The Hall–Kier alpha value is -1.49. The van der Waals surface area contributed by atoms with Crippen LogP contribution < -0.4 is 20.3 Å². The van der Waals surface area contributed by atoms with Gasteiger partial charge in [-0.05, 0) is 43.9 Å². The molecule has 0 radical (unpaired) electrons. The summed E-state index contributed by atoms with van der Waals surface area (Å²) < 4.78 is 42.7. The summed E-state index contributed by atoms with van der Waals surface area (Å²) in [5, 5.41) is 6.75. The first-order valence-electron chi connectivity index (χ1n) is 9.74. The molecule has 32 heavy (non-hydrogen) atoms. The fourth-order valence-electron chi connectivity index (χ4n) is 3.44. The highest BCUT2D eigenvalue weighted by atomic mass is 79.9. The Morgan fingerprint density at radius 1 is 1.09 bits per heavy atom. The summed E-state index contributed by atoms with van der Waals surface area (Å²) in [5.41, 5.74) is 0.477. The van der Waals surface area contributed by atoms with Crippen molar-refractivity contribution >= 4 is 52.5 Å². The van der Waals surface area contributed by atoms with E-state index in [9.17, 15) is 13.2 Å². The molecule has 1 aliphatic rings. The molecular weight excluding hydrogens is 534 g/mol. The lowest BCUT2D eigenvalue weighted by Gasteiger charge is -2.30. The van der Waals surface area contributed by atoms with Crippen LogP contribution in [0.5, 0.6) is 5.75 Å². The van der Waals surface area contributed by atoms with Crippen molar-refractivity contribution in [2.45, 2.75) is 50.7 Å². The number of aromatic nitrogens is 2. The van der Waals surface area contributed by atoms with E-state index in [-0.39, 0.29) is 42.6 Å². The molecule has 180 valence electrons. The number of ether oxygens (including phenoxy) is 1. The van der Waals surface area contributed by atoms with Gasteiger partial charge in [0.1, 0.15) is 11.6 Å². The molecule has 1 fully saturated rings. The molecule has 1 aromatic heterocycles. The van der Waals surface area contributed by atoms with Crippen LogP contribution in [0.2, 0.25) is 0 Å². The van der Waals surface area contributed by atoms with Crippen LogP contribution in [0.15, 0.2) is 34.9 Å². The van der Waals surface area contributed by atoms with Gasteiger partial charge in [0, 0.05) is 49.0 Å². The molecule has 0 atom stereocenters. The van der Waals surface area contributed by atoms with Crippen LogP contribution in [0.25, 0.3) is 0 Å². The highest BCUT2D eigenvalue weighted by molar-refractivity contribution is 9.10. The summed E-state index contributed by atoms with van der Waals surface area (Å²) in [7, 11) is 3.86. The lowest BCUT2D eigenvalue weighted by atomic mass is 9.91. The van der Waals surface area contributed by atoms with Crippen LogP contribution in [0.4, 0.5) is 24.9 Å². The zero-order valence-corrected chi connectivity index (χ0v) is 20.9. The van der Waals surface area contributed by atoms with Gasteiger partial charge >= 0.3 is 6.36 Å². The maximum Gasteiger partial charge on any atom is 0.573 e. The van der Waals surface area contributed by atoms with Crippen molar-refractivity contribution in [2.75, 3.05) is 24.3 Å². The molecule has 0 unspecified atom stereocenters. The number of anilines is 2. The van der Waals surface area contributed by atoms with Crippen molar-refractivity contribution in [3.63, 3.8) is 0 Å². The van der Waals surface area contributed by atoms with Crippen LogP contribution in [0.1, 0.15) is 31.2 Å². The van der Waals surface area contributed by atoms with E-state index in [1.807, 2.05) is 25.1 Å². The number of hydrogen-bond donors (Lipinski definition) is 2. The summed E-state index contributed by atoms with van der Waals surface area (Å²) in [6.45, 7) is 0.315. The van der Waals surface area contributed by atoms with Crippen molar-refractivity contribution in [3.05, 3.63) is 40.5 Å². The predicted octanol–water partition coefficient (Wildman–Crippen LogP) is 5.56. The van der Waals surface area contributed by atoms with Gasteiger partial charge in [-0.2, -0.15) is 4.98 Å². The number of alkyl halides is 3. The van der Waals surface area contributed by atoms with Crippen LogP contribution in [0, 0.1) is 0 Å². The van der Waals surface area contributed by atoms with Gasteiger partial charge < -0.3 is 20.3 Å². The standard InChI is InChI=1S/C20H25BrF3N5O.2ClH/c1-29(2)18-9-10-25-19(28-18)27-16-7-5-15(6-8-16)26-12-13-3-4-14(21)11-17(13)30-20(22,23)24;;/h3-4,9-11,15-16,26H,5-8,12H2,1-2H3,(H,25,27,28);2*1H/t15-,16+;;. The van der Waals surface area contributed by atoms with Crippen LogP contribution in [0.3, 0.4) is 0 Å². The first-order valence-corrected chi connectivity index (χ1v) is 10.5. The number of halogens is 6. The summed E-state index contributed by atoms with van der Waals surface area (Å²) >= 11 is 3.19. The average Bonchev–Trinajstić information content (AvgIpc) is 2.67. The smallest absolute Gasteiger partial charge is 0.405 e. The van der Waals surface area contributed by atoms with Crippen molar-refractivity contribution < 1.29 is 17.9 Å². The van der Waals surface area contributed by atoms with E-state index in [4.69, 9.17) is 0 Å². The second-order valence-corrected chi connectivity index (χ2v) is 8.42. The quantitative estimate of drug-likeness (QED) is 0.462. The van der Waals surface area contributed by atoms with E-state index in [1.165, 1.54) is 6.07 Å². The fraction of sp³-hybridized carbons (Fsp3) is 0.500. The average molecular weight is 561 g/mol. The van der Waals surface area contributed by atoms with E-state index in [1.54, 1.807) is 18.3 Å². The first-order chi connectivity index (χ1) is 14.2. The van der Waals surface area contributed by atoms with Gasteiger partial charge in [0.05, 0.1) is 0 Å². The SMILES string of the molecule is CN(C)c1ccnc(N[C@H]2CC[C@@H](NCc3ccc(Br)cc3OC(F)(F)F)CC2)n1.Cl.Cl. The van der Waals surface area contributed by atoms with Crippen molar-refractivity contribution in [1.29, 1.82) is 0 Å². The third-order valence-corrected chi connectivity index (χ3v) is 5.49. The lowest BCUT2D eigenvalue weighted by Crippen LogP contribution is -2.37. The Labute approximate surface area is 206 Å². The maximum atomic E-state index is 12.7. The minimum atomic E-state index is -4.72. The van der Waals surface area contributed by atoms with E-state index in [0.29, 0.717) is 22.5 Å². The molecule has 12 heteroatoms. The molecule has 1 saturated carbocycles. The minimum absolute atomic E-state index is 0. The number of hydrogen-bond acceptors (Lipinski definition) is 6. The van der Waals surface area contributed by atoms with Crippen LogP contribution in [-0.2, 0) is 6.54 Å². The van der Waals surface area contributed by atoms with E-state index < -0.39 is 6.36 Å². The molecule has 2 N–H and O–H groups in total. The Morgan fingerprint density at radius 2 is 1.75 bits per heavy atom. The molecular formula is C20H27BrCl2F3N5O. The van der Waals surface area contributed by atoms with Gasteiger partial charge in [0.2, 0.25) is 5.95 Å². The number of nitrogens with zero attached hydrogens (tertiary/aromatic N) is 3. The van der Waals surface area contributed by atoms with Crippen molar-refractivity contribution in [3.8, 4) is 5.75 Å². The second kappa shape index (κ2) is 12.7. The van der Waals surface area contributed by atoms with E-state index >= 15 is 0 Å². The number of benzene rings is 1. The van der Waals surface area contributed by atoms with Crippen molar-refractivity contribution in [1.82, 2.24) is 15.3 Å². The Kier molecular flexibility index (Phi) is 11.3. The zero-order valence-electron chi connectivity index (χ0n) is 17.7. The summed E-state index contributed by atoms with van der Waals surface area (Å²) in [5.74, 6) is 1.27. The van der Waals surface area contributed by atoms with Gasteiger partial charge in [-0.1, -0.05) is 22.0 Å². The monoisotopic (exact) mass is 559 g/mol. The number of rotatable bonds is 7. The third kappa shape index (κ3) is 8.80. The van der Waals surface area contributed by atoms with Crippen LogP contribution >= 0.6 is 40.7 Å². The minimum Gasteiger partial charge on any atom is -0.405 e. The molecule has 2 aromatic rings. The molecule has 6 nitrogen and oxygen atoms in total. The Balaban J connectivity index is 0.00000256. The molecule has 0 spiro atoms. The molecule has 1 aromatic carbocycles. The third-order valence-electron chi connectivity index (χ3n) is 5.00. The first kappa shape index (κ1) is 28.5. The lowest BCUT2D eigenvalue weighted by molar-refractivity contribution is -0.274. The normalized spacial score (nSPS) is 18.2. The molecule has 3 rings (SSSR count). The summed E-state index contributed by atoms with van der Waals surface area (Å²) in [6.07, 6.45) is 0.703. The second-order valence-electron chi connectivity index (χ2n) is 7.51. The van der Waals surface area contributed by atoms with E-state index in [0.717, 1.165) is 31.5 Å².